The number of ether oxygens (including phenoxy) is 2. The zero-order chi connectivity index (χ0) is 12.1. The molecule has 0 saturated heterocycles. The van der Waals surface area contributed by atoms with Crippen LogP contribution >= 0.6 is 0 Å². The van der Waals surface area contributed by atoms with Crippen LogP contribution in [-0.4, -0.2) is 51.6 Å². The third-order valence-electron chi connectivity index (χ3n) is 2.84. The van der Waals surface area contributed by atoms with E-state index in [2.05, 4.69) is 5.32 Å². The molecule has 16 heavy (non-hydrogen) atoms. The van der Waals surface area contributed by atoms with Crippen molar-refractivity contribution in [3.05, 3.63) is 11.4 Å². The lowest BCUT2D eigenvalue weighted by Crippen LogP contribution is -2.46. The minimum atomic E-state index is -0.265. The van der Waals surface area contributed by atoms with Crippen LogP contribution in [0.25, 0.3) is 0 Å². The Kier molecular flexibility index (Phi) is 5.01. The van der Waals surface area contributed by atoms with Gasteiger partial charge in [-0.1, -0.05) is 0 Å². The highest BCUT2D eigenvalue weighted by Gasteiger charge is 2.27. The van der Waals surface area contributed by atoms with Gasteiger partial charge in [-0.3, -0.25) is 0 Å². The predicted molar refractivity (Wildman–Crippen MR) is 62.2 cm³/mol. The molecule has 0 aliphatic carbocycles. The molecular weight excluding hydrogens is 208 g/mol. The maximum Gasteiger partial charge on any atom is 0.125 e. The van der Waals surface area contributed by atoms with Crippen LogP contribution in [0.15, 0.2) is 11.4 Å². The van der Waals surface area contributed by atoms with Crippen molar-refractivity contribution in [3.8, 4) is 0 Å². The first-order valence-electron chi connectivity index (χ1n) is 5.35. The molecular formula is C10H22N4O2. The van der Waals surface area contributed by atoms with Crippen LogP contribution in [0.4, 0.5) is 0 Å². The van der Waals surface area contributed by atoms with Gasteiger partial charge < -0.3 is 25.5 Å². The molecule has 0 spiro atoms. The molecule has 0 saturated carbocycles. The van der Waals surface area contributed by atoms with Gasteiger partial charge in [-0.05, 0) is 0 Å². The summed E-state index contributed by atoms with van der Waals surface area (Å²) in [5.41, 5.74) is 7.64. The summed E-state index contributed by atoms with van der Waals surface area (Å²) in [6.45, 7) is 1.55. The molecule has 0 aromatic rings. The second-order valence-corrected chi connectivity index (χ2v) is 3.90. The van der Waals surface area contributed by atoms with E-state index < -0.39 is 0 Å². The summed E-state index contributed by atoms with van der Waals surface area (Å²) in [4.78, 5) is 0. The number of nitrogens with one attached hydrogen (secondary N) is 1. The van der Waals surface area contributed by atoms with Crippen LogP contribution in [0.5, 0.6) is 0 Å². The molecule has 0 bridgehead atoms. The Labute approximate surface area is 96.5 Å². The second-order valence-electron chi connectivity index (χ2n) is 3.90. The third-order valence-corrected chi connectivity index (χ3v) is 2.84. The minimum absolute atomic E-state index is 0.0970. The molecule has 0 aromatic carbocycles. The number of rotatable bonds is 3. The zero-order valence-electron chi connectivity index (χ0n) is 10.2. The van der Waals surface area contributed by atoms with Crippen molar-refractivity contribution in [2.75, 3.05) is 34.4 Å². The van der Waals surface area contributed by atoms with Gasteiger partial charge in [0.1, 0.15) is 12.2 Å². The van der Waals surface area contributed by atoms with Crippen molar-refractivity contribution in [2.45, 2.75) is 18.6 Å². The lowest BCUT2D eigenvalue weighted by Gasteiger charge is -2.31. The number of hydrazine groups is 1. The normalized spacial score (nSPS) is 32.0. The molecule has 0 aromatic heterocycles. The average molecular weight is 230 g/mol. The van der Waals surface area contributed by atoms with Gasteiger partial charge in [-0.2, -0.15) is 0 Å². The van der Waals surface area contributed by atoms with Gasteiger partial charge in [0.05, 0.1) is 11.4 Å². The quantitative estimate of drug-likeness (QED) is 0.425. The summed E-state index contributed by atoms with van der Waals surface area (Å²) in [6.07, 6.45) is 0.425. The van der Waals surface area contributed by atoms with Crippen LogP contribution in [-0.2, 0) is 9.47 Å². The number of methoxy groups -OCH3 is 2. The van der Waals surface area contributed by atoms with Crippen molar-refractivity contribution < 1.29 is 9.47 Å². The van der Waals surface area contributed by atoms with Gasteiger partial charge >= 0.3 is 0 Å². The summed E-state index contributed by atoms with van der Waals surface area (Å²) < 4.78 is 10.8. The zero-order valence-corrected chi connectivity index (χ0v) is 10.2. The van der Waals surface area contributed by atoms with Crippen molar-refractivity contribution in [1.82, 2.24) is 10.3 Å². The number of nitrogens with two attached hydrogens (primary N) is 2. The molecule has 1 rings (SSSR count). The highest BCUT2D eigenvalue weighted by atomic mass is 16.5. The molecule has 6 heteroatoms. The van der Waals surface area contributed by atoms with Gasteiger partial charge in [0, 0.05) is 40.8 Å². The Morgan fingerprint density at radius 2 is 2.06 bits per heavy atom. The number of hydrogen-bond donors (Lipinski definition) is 3. The molecule has 1 heterocycles. The Bertz CT molecular complexity index is 255. The van der Waals surface area contributed by atoms with E-state index in [1.165, 1.54) is 0 Å². The van der Waals surface area contributed by atoms with Crippen LogP contribution in [0.3, 0.4) is 0 Å². The molecule has 6 nitrogen and oxygen atoms in total. The average Bonchev–Trinajstić information content (AvgIpc) is 2.23. The SMILES string of the molecule is COC1CNCC/C(N(C)N)=C(/N)C1OC. The highest BCUT2D eigenvalue weighted by molar-refractivity contribution is 5.17. The molecule has 94 valence electrons. The van der Waals surface area contributed by atoms with Crippen molar-refractivity contribution in [1.29, 1.82) is 0 Å². The van der Waals surface area contributed by atoms with Gasteiger partial charge in [0.25, 0.3) is 0 Å². The molecule has 2 atom stereocenters. The van der Waals surface area contributed by atoms with E-state index >= 15 is 0 Å². The van der Waals surface area contributed by atoms with Crippen molar-refractivity contribution in [3.63, 3.8) is 0 Å². The van der Waals surface area contributed by atoms with Gasteiger partial charge in [0.2, 0.25) is 0 Å². The van der Waals surface area contributed by atoms with E-state index in [-0.39, 0.29) is 12.2 Å². The smallest absolute Gasteiger partial charge is 0.125 e. The second kappa shape index (κ2) is 6.05. The van der Waals surface area contributed by atoms with Crippen molar-refractivity contribution >= 4 is 0 Å². The minimum Gasteiger partial charge on any atom is -0.398 e. The molecule has 0 fully saturated rings. The summed E-state index contributed by atoms with van der Waals surface area (Å²) in [5.74, 6) is 5.75. The number of hydrogen-bond acceptors (Lipinski definition) is 6. The first-order chi connectivity index (χ1) is 7.61. The summed E-state index contributed by atoms with van der Waals surface area (Å²) in [6, 6.07) is 0. The fourth-order valence-corrected chi connectivity index (χ4v) is 1.93. The van der Waals surface area contributed by atoms with Crippen LogP contribution in [0, 0.1) is 0 Å². The van der Waals surface area contributed by atoms with Gasteiger partial charge in [0.15, 0.2) is 0 Å². The van der Waals surface area contributed by atoms with Crippen molar-refractivity contribution in [2.24, 2.45) is 11.6 Å². The topological polar surface area (TPSA) is 85.8 Å². The van der Waals surface area contributed by atoms with E-state index in [0.29, 0.717) is 5.70 Å². The molecule has 1 aliphatic rings. The maximum absolute atomic E-state index is 6.10. The van der Waals surface area contributed by atoms with E-state index in [9.17, 15) is 0 Å². The standard InChI is InChI=1S/C10H22N4O2/c1-14(12)7-4-5-13-6-8(15-2)10(16-3)9(7)11/h8,10,13H,4-6,11-12H2,1-3H3/b9-7-. The Morgan fingerprint density at radius 1 is 1.38 bits per heavy atom. The molecule has 0 radical (unpaired) electrons. The van der Waals surface area contributed by atoms with E-state index in [1.807, 2.05) is 0 Å². The molecule has 0 amide bonds. The lowest BCUT2D eigenvalue weighted by molar-refractivity contribution is -0.0193. The molecule has 2 unspecified atom stereocenters. The Morgan fingerprint density at radius 3 is 2.56 bits per heavy atom. The summed E-state index contributed by atoms with van der Waals surface area (Å²) >= 11 is 0. The fraction of sp³-hybridized carbons (Fsp3) is 0.800. The van der Waals surface area contributed by atoms with E-state index in [1.54, 1.807) is 26.3 Å². The first-order valence-corrected chi connectivity index (χ1v) is 5.35. The Hall–Kier alpha value is -0.820. The van der Waals surface area contributed by atoms with Crippen LogP contribution in [0.1, 0.15) is 6.42 Å². The van der Waals surface area contributed by atoms with E-state index in [4.69, 9.17) is 21.1 Å². The molecule has 1 aliphatic heterocycles. The Balaban J connectivity index is 2.99. The van der Waals surface area contributed by atoms with Crippen LogP contribution in [0.2, 0.25) is 0 Å². The van der Waals surface area contributed by atoms with Crippen LogP contribution < -0.4 is 16.9 Å². The maximum atomic E-state index is 6.10. The monoisotopic (exact) mass is 230 g/mol. The van der Waals surface area contributed by atoms with E-state index in [0.717, 1.165) is 25.2 Å². The van der Waals surface area contributed by atoms with Gasteiger partial charge in [-0.25, -0.2) is 5.84 Å². The highest BCUT2D eigenvalue weighted by Crippen LogP contribution is 2.17. The predicted octanol–water partition coefficient (Wildman–Crippen LogP) is -1.01. The largest absolute Gasteiger partial charge is 0.398 e. The summed E-state index contributed by atoms with van der Waals surface area (Å²) in [7, 11) is 5.05. The number of nitrogens with zero attached hydrogens (tertiary/aromatic N) is 1. The first kappa shape index (κ1) is 13.2. The summed E-state index contributed by atoms with van der Waals surface area (Å²) in [5, 5.41) is 4.82. The fourth-order valence-electron chi connectivity index (χ4n) is 1.93. The van der Waals surface area contributed by atoms with Gasteiger partial charge in [-0.15, -0.1) is 0 Å². The third kappa shape index (κ3) is 2.85. The molecule has 5 N–H and O–H groups in total. The lowest BCUT2D eigenvalue weighted by atomic mass is 10.0.